The largest absolute Gasteiger partial charge is 0.499 e. The molecule has 3 fully saturated rings. The highest BCUT2D eigenvalue weighted by molar-refractivity contribution is 7.87. The second kappa shape index (κ2) is 29.9. The van der Waals surface area contributed by atoms with Gasteiger partial charge in [-0.3, -0.25) is 0 Å². The van der Waals surface area contributed by atoms with E-state index in [9.17, 15) is 30.4 Å². The Morgan fingerprint density at radius 1 is 0.351 bits per heavy atom. The fraction of sp³-hybridized carbons (Fsp3) is 0.244. The number of hydrogen-bond donors (Lipinski definition) is 0. The van der Waals surface area contributed by atoms with Gasteiger partial charge in [-0.15, -0.1) is 0 Å². The Bertz CT molecular complexity index is 5800. The zero-order chi connectivity index (χ0) is 80.5. The summed E-state index contributed by atoms with van der Waals surface area (Å²) in [5.41, 5.74) is 11.5. The number of benzene rings is 10. The third-order valence-electron chi connectivity index (χ3n) is 22.0. The normalized spacial score (nSPS) is 16.8. The zero-order valence-electron chi connectivity index (χ0n) is 65.0. The molecular weight excluding hydrogens is 1470 g/mol. The Balaban J connectivity index is 0.000000148. The summed E-state index contributed by atoms with van der Waals surface area (Å²) in [5.74, 6) is -6.16. The van der Waals surface area contributed by atoms with Crippen molar-refractivity contribution in [1.29, 1.82) is 0 Å². The number of hydrogen-bond acceptors (Lipinski definition) is 15. The molecule has 578 valence electrons. The number of alkyl halides is 5. The van der Waals surface area contributed by atoms with Crippen molar-refractivity contribution in [3.05, 3.63) is 255 Å². The molecule has 0 N–H and O–H groups in total. The van der Waals surface area contributed by atoms with Gasteiger partial charge >= 0.3 is 37.4 Å². The molecule has 24 heteroatoms. The standard InChI is InChI=1S/C40H33BN2O3.C38H25F5N2O4S.C12H24B2O4/c1-39(2)40(3,4)46-41(45-39)36-30(23-24-32-31-17-11-12-18-35(31)44-37(32)36)26-19-21-29(22-20-26)38-42-33(27-13-7-5-8-14-27)25-34(43-38)28-15-9-6-10-16-28;39-37(40,22-38(41,42)43)23-50(46,47)49-35-28(19-20-30-29-13-7-8-14-33(29)48-34(30)35)24-15-17-27(18-16-24)36-44-31(25-9-3-1-4-10-25)21-32(45-36)26-11-5-2-6-12-26;1-9(2)10(3,4)16-13(15-9)14-17-11(5,6)12(7,8)18-14/h5-25H,1-4H3;1-21H,22-23H2;1-8H3. The van der Waals surface area contributed by atoms with Crippen LogP contribution in [0.5, 0.6) is 5.75 Å². The molecule has 17 rings (SSSR count). The van der Waals surface area contributed by atoms with Gasteiger partial charge in [-0.1, -0.05) is 212 Å². The van der Waals surface area contributed by atoms with Gasteiger partial charge < -0.3 is 40.9 Å². The summed E-state index contributed by atoms with van der Waals surface area (Å²) >= 11 is 0. The van der Waals surface area contributed by atoms with E-state index < -0.39 is 72.5 Å². The second-order valence-electron chi connectivity index (χ2n) is 31.7. The molecule has 7 heterocycles. The number of rotatable bonds is 15. The molecule has 10 aromatic carbocycles. The van der Waals surface area contributed by atoms with Crippen molar-refractivity contribution >= 4 is 80.6 Å². The maximum absolute atomic E-state index is 14.3. The Kier molecular flexibility index (Phi) is 20.6. The Hall–Kier alpha value is -10.7. The van der Waals surface area contributed by atoms with E-state index in [-0.39, 0.29) is 33.6 Å². The fourth-order valence-corrected chi connectivity index (χ4v) is 15.0. The maximum Gasteiger partial charge on any atom is 0.499 e. The quantitative estimate of drug-likeness (QED) is 0.0538. The third kappa shape index (κ3) is 16.1. The lowest BCUT2D eigenvalue weighted by Gasteiger charge is -2.32. The molecule has 0 radical (unpaired) electrons. The number of para-hydroxylation sites is 2. The van der Waals surface area contributed by atoms with Gasteiger partial charge in [0.25, 0.3) is 5.92 Å². The van der Waals surface area contributed by atoms with Crippen LogP contribution >= 0.6 is 0 Å². The third-order valence-corrected chi connectivity index (χ3v) is 23.2. The van der Waals surface area contributed by atoms with Crippen molar-refractivity contribution < 1.29 is 71.3 Å². The van der Waals surface area contributed by atoms with Gasteiger partial charge in [0.05, 0.1) is 56.4 Å². The molecule has 3 saturated heterocycles. The highest BCUT2D eigenvalue weighted by atomic mass is 32.2. The van der Waals surface area contributed by atoms with Crippen LogP contribution < -0.4 is 9.65 Å². The van der Waals surface area contributed by atoms with Gasteiger partial charge in [0, 0.05) is 66.0 Å². The first-order valence-electron chi connectivity index (χ1n) is 37.5. The smallest absolute Gasteiger partial charge is 0.456 e. The SMILES string of the molecule is CC1(C)OB(B2OC(C)(C)C(C)(C)O2)OC1(C)C.CC1(C)OB(c2c(-c3ccc(-c4nc(-c5ccccc5)cc(-c5ccccc5)n4)cc3)ccc3c2oc2ccccc23)OC1(C)C.O=S(=O)(CC(F)(F)CC(F)(F)F)Oc1c(-c2ccc(-c3nc(-c4ccccc4)cc(-c4ccccc4)n3)cc2)ccc2c1oc1ccccc12. The van der Waals surface area contributed by atoms with Gasteiger partial charge in [0.15, 0.2) is 28.7 Å². The summed E-state index contributed by atoms with van der Waals surface area (Å²) < 4.78 is 148. The topological polar surface area (TPSA) is 177 Å². The van der Waals surface area contributed by atoms with E-state index in [1.54, 1.807) is 54.6 Å². The highest BCUT2D eigenvalue weighted by Crippen LogP contribution is 2.47. The summed E-state index contributed by atoms with van der Waals surface area (Å²) in [6.45, 7) is 24.5. The van der Waals surface area contributed by atoms with E-state index in [4.69, 9.17) is 60.9 Å². The van der Waals surface area contributed by atoms with E-state index in [0.717, 1.165) is 77.7 Å². The van der Waals surface area contributed by atoms with Crippen LogP contribution in [0.4, 0.5) is 22.0 Å². The van der Waals surface area contributed by atoms with Gasteiger partial charge in [0.2, 0.25) is 0 Å². The van der Waals surface area contributed by atoms with E-state index in [2.05, 4.69) is 100 Å². The van der Waals surface area contributed by atoms with Crippen LogP contribution in [0.25, 0.3) is 134 Å². The summed E-state index contributed by atoms with van der Waals surface area (Å²) in [7, 11) is -6.81. The minimum atomic E-state index is -5.29. The predicted octanol–water partition coefficient (Wildman–Crippen LogP) is 21.9. The average Bonchev–Trinajstić information content (AvgIpc) is 1.57. The van der Waals surface area contributed by atoms with Gasteiger partial charge in [-0.25, -0.2) is 28.7 Å². The monoisotopic (exact) mass is 1550 g/mol. The van der Waals surface area contributed by atoms with Gasteiger partial charge in [-0.05, 0) is 142 Å². The van der Waals surface area contributed by atoms with Crippen LogP contribution in [-0.4, -0.2) is 101 Å². The molecular formula is C90H82B3F5N4O11S. The van der Waals surface area contributed by atoms with Gasteiger partial charge in [-0.2, -0.15) is 21.6 Å². The van der Waals surface area contributed by atoms with Crippen LogP contribution in [0.2, 0.25) is 0 Å². The number of fused-ring (bicyclic) bond motifs is 6. The predicted molar refractivity (Wildman–Crippen MR) is 440 cm³/mol. The van der Waals surface area contributed by atoms with E-state index in [1.165, 1.54) is 6.07 Å². The molecule has 0 amide bonds. The van der Waals surface area contributed by atoms with Crippen LogP contribution in [0.1, 0.15) is 89.5 Å². The van der Waals surface area contributed by atoms with Crippen LogP contribution in [-0.2, 0) is 38.0 Å². The first-order valence-corrected chi connectivity index (χ1v) is 39.1. The number of nitrogens with zero attached hydrogens (tertiary/aromatic N) is 4. The first-order chi connectivity index (χ1) is 54.0. The lowest BCUT2D eigenvalue weighted by molar-refractivity contribution is -0.181. The maximum atomic E-state index is 14.3. The van der Waals surface area contributed by atoms with E-state index >= 15 is 0 Å². The van der Waals surface area contributed by atoms with Crippen LogP contribution in [0.15, 0.2) is 264 Å². The first kappa shape index (κ1) is 78.6. The second-order valence-corrected chi connectivity index (χ2v) is 33.3. The number of aromatic nitrogens is 4. The van der Waals surface area contributed by atoms with Crippen molar-refractivity contribution in [3.8, 4) is 95.8 Å². The van der Waals surface area contributed by atoms with Crippen molar-refractivity contribution in [3.63, 3.8) is 0 Å². The van der Waals surface area contributed by atoms with Crippen molar-refractivity contribution in [1.82, 2.24) is 19.9 Å². The molecule has 0 atom stereocenters. The van der Waals surface area contributed by atoms with Gasteiger partial charge in [0.1, 0.15) is 23.2 Å². The molecule has 0 spiro atoms. The molecule has 0 unspecified atom stereocenters. The molecule has 0 aliphatic carbocycles. The van der Waals surface area contributed by atoms with Crippen LogP contribution in [0, 0.1) is 0 Å². The van der Waals surface area contributed by atoms with Crippen molar-refractivity contribution in [2.24, 2.45) is 0 Å². The van der Waals surface area contributed by atoms with E-state index in [1.807, 2.05) is 177 Å². The minimum absolute atomic E-state index is 0.0677. The molecule has 4 aromatic heterocycles. The summed E-state index contributed by atoms with van der Waals surface area (Å²) in [4.78, 5) is 19.6. The number of halogens is 5. The zero-order valence-corrected chi connectivity index (χ0v) is 65.8. The summed E-state index contributed by atoms with van der Waals surface area (Å²) in [5, 5.41) is 3.13. The molecule has 15 nitrogen and oxygen atoms in total. The van der Waals surface area contributed by atoms with Crippen molar-refractivity contribution in [2.75, 3.05) is 5.75 Å². The molecule has 0 bridgehead atoms. The Labute approximate surface area is 659 Å². The fourth-order valence-electron chi connectivity index (χ4n) is 13.9. The summed E-state index contributed by atoms with van der Waals surface area (Å²) in [6.07, 6.45) is -7.91. The van der Waals surface area contributed by atoms with E-state index in [0.29, 0.717) is 50.5 Å². The molecule has 3 aliphatic rings. The molecule has 3 aliphatic heterocycles. The molecule has 114 heavy (non-hydrogen) atoms. The van der Waals surface area contributed by atoms with Crippen molar-refractivity contribution in [2.45, 2.75) is 135 Å². The van der Waals surface area contributed by atoms with Crippen LogP contribution in [0.3, 0.4) is 0 Å². The highest BCUT2D eigenvalue weighted by Gasteiger charge is 2.64. The lowest BCUT2D eigenvalue weighted by atomic mass is 9.49. The molecule has 14 aromatic rings. The average molecular weight is 1560 g/mol. The Morgan fingerprint density at radius 3 is 1.04 bits per heavy atom. The molecule has 0 saturated carbocycles. The number of furan rings is 2. The Morgan fingerprint density at radius 2 is 0.667 bits per heavy atom. The summed E-state index contributed by atoms with van der Waals surface area (Å²) in [6, 6.07) is 81.2. The minimum Gasteiger partial charge on any atom is -0.456 e. The lowest BCUT2D eigenvalue weighted by Crippen LogP contribution is -2.41.